The van der Waals surface area contributed by atoms with Crippen molar-refractivity contribution in [1.29, 1.82) is 0 Å². The number of aromatic nitrogens is 3. The zero-order valence-electron chi connectivity index (χ0n) is 15.6. The van der Waals surface area contributed by atoms with Crippen molar-refractivity contribution in [1.82, 2.24) is 14.5 Å². The minimum Gasteiger partial charge on any atom is -0.494 e. The average molecular weight is 443 g/mol. The van der Waals surface area contributed by atoms with Crippen molar-refractivity contribution in [3.8, 4) is 17.3 Å². The Morgan fingerprint density at radius 1 is 1.30 bits per heavy atom. The predicted molar refractivity (Wildman–Crippen MR) is 117 cm³/mol. The summed E-state index contributed by atoms with van der Waals surface area (Å²) in [6.45, 7) is 2.46. The number of hydrogen-bond acceptors (Lipinski definition) is 7. The number of halogens is 1. The van der Waals surface area contributed by atoms with Crippen LogP contribution >= 0.6 is 22.9 Å². The van der Waals surface area contributed by atoms with Gasteiger partial charge in [-0.15, -0.1) is 0 Å². The molecule has 0 fully saturated rings. The number of nitrogens with one attached hydrogen (secondary N) is 1. The first kappa shape index (κ1) is 19.9. The number of hydrogen-bond donors (Lipinski definition) is 2. The number of aliphatic imine (C=N–C) groups is 1. The molecule has 0 amide bonds. The fraction of sp³-hybridized carbons (Fsp3) is 0.100. The van der Waals surface area contributed by atoms with Gasteiger partial charge in [0.05, 0.1) is 22.5 Å². The van der Waals surface area contributed by atoms with Gasteiger partial charge in [-0.3, -0.25) is 9.78 Å². The van der Waals surface area contributed by atoms with Crippen LogP contribution in [-0.4, -0.2) is 32.5 Å². The molecule has 2 N–H and O–H groups in total. The quantitative estimate of drug-likeness (QED) is 0.458. The third-order valence-corrected chi connectivity index (χ3v) is 5.31. The second-order valence-corrected chi connectivity index (χ2v) is 7.57. The van der Waals surface area contributed by atoms with Crippen LogP contribution in [0.1, 0.15) is 12.5 Å². The maximum Gasteiger partial charge on any atom is 0.335 e. The topological polar surface area (TPSA) is 110 Å². The number of aromatic hydroxyl groups is 1. The smallest absolute Gasteiger partial charge is 0.335 e. The molecule has 0 unspecified atom stereocenters. The van der Waals surface area contributed by atoms with E-state index in [0.717, 1.165) is 20.5 Å². The fourth-order valence-electron chi connectivity index (χ4n) is 2.83. The number of H-pyrrole nitrogens is 1. The van der Waals surface area contributed by atoms with Gasteiger partial charge in [0.15, 0.2) is 0 Å². The monoisotopic (exact) mass is 442 g/mol. The van der Waals surface area contributed by atoms with E-state index in [1.165, 1.54) is 23.6 Å². The van der Waals surface area contributed by atoms with Gasteiger partial charge in [0, 0.05) is 11.2 Å². The highest BCUT2D eigenvalue weighted by Gasteiger charge is 2.15. The van der Waals surface area contributed by atoms with Gasteiger partial charge >= 0.3 is 5.69 Å². The summed E-state index contributed by atoms with van der Waals surface area (Å²) in [6.07, 6.45) is 1.18. The molecule has 2 aromatic carbocycles. The highest BCUT2D eigenvalue weighted by molar-refractivity contribution is 7.22. The molecule has 0 aliphatic heterocycles. The second-order valence-electron chi connectivity index (χ2n) is 6.13. The summed E-state index contributed by atoms with van der Waals surface area (Å²) in [5.41, 5.74) is -0.694. The molecule has 8 nitrogen and oxygen atoms in total. The van der Waals surface area contributed by atoms with E-state index in [9.17, 15) is 14.7 Å². The zero-order chi connectivity index (χ0) is 21.3. The molecule has 0 radical (unpaired) electrons. The second kappa shape index (κ2) is 8.13. The van der Waals surface area contributed by atoms with Crippen LogP contribution < -0.4 is 16.0 Å². The molecule has 0 saturated heterocycles. The number of ether oxygens (including phenoxy) is 1. The standard InChI is InChI=1S/C20H15ClN4O4S/c1-2-29-13-6-7-15-16(9-13)30-19(23-15)22-10-14-17(26)24-20(28)25(18(14)27)12-5-3-4-11(21)8-12/h3-10,27H,2H2,1H3,(H,24,26,28). The Kier molecular flexibility index (Phi) is 5.39. The van der Waals surface area contributed by atoms with Crippen LogP contribution in [-0.2, 0) is 0 Å². The number of aromatic amines is 1. The van der Waals surface area contributed by atoms with E-state index in [0.29, 0.717) is 22.4 Å². The van der Waals surface area contributed by atoms with Crippen LogP contribution in [0.15, 0.2) is 57.0 Å². The summed E-state index contributed by atoms with van der Waals surface area (Å²) in [4.78, 5) is 35.3. The summed E-state index contributed by atoms with van der Waals surface area (Å²) in [7, 11) is 0. The normalized spacial score (nSPS) is 11.4. The lowest BCUT2D eigenvalue weighted by atomic mass is 10.3. The van der Waals surface area contributed by atoms with E-state index in [-0.39, 0.29) is 5.56 Å². The Hall–Kier alpha value is -3.43. The van der Waals surface area contributed by atoms with E-state index in [1.807, 2.05) is 25.1 Å². The van der Waals surface area contributed by atoms with Crippen molar-refractivity contribution in [2.45, 2.75) is 6.92 Å². The van der Waals surface area contributed by atoms with E-state index < -0.39 is 17.1 Å². The van der Waals surface area contributed by atoms with Crippen LogP contribution in [0.5, 0.6) is 11.6 Å². The molecule has 30 heavy (non-hydrogen) atoms. The van der Waals surface area contributed by atoms with E-state index >= 15 is 0 Å². The number of benzene rings is 2. The SMILES string of the molecule is CCOc1ccc2nc(N=Cc3c(O)n(-c4cccc(Cl)c4)c(=O)[nH]c3=O)sc2c1. The predicted octanol–water partition coefficient (Wildman–Crippen LogP) is 3.64. The first-order chi connectivity index (χ1) is 14.5. The highest BCUT2D eigenvalue weighted by Crippen LogP contribution is 2.31. The summed E-state index contributed by atoms with van der Waals surface area (Å²) in [5, 5.41) is 11.3. The van der Waals surface area contributed by atoms with Gasteiger partial charge in [-0.1, -0.05) is 29.0 Å². The van der Waals surface area contributed by atoms with E-state index in [1.54, 1.807) is 18.2 Å². The molecular weight excluding hydrogens is 428 g/mol. The molecule has 0 spiro atoms. The Morgan fingerprint density at radius 2 is 2.13 bits per heavy atom. The van der Waals surface area contributed by atoms with Crippen molar-refractivity contribution in [2.75, 3.05) is 6.61 Å². The number of thiazole rings is 1. The lowest BCUT2D eigenvalue weighted by Gasteiger charge is -2.09. The third kappa shape index (κ3) is 3.85. The van der Waals surface area contributed by atoms with Crippen molar-refractivity contribution in [3.63, 3.8) is 0 Å². The minimum atomic E-state index is -0.791. The number of nitrogens with zero attached hydrogens (tertiary/aromatic N) is 3. The van der Waals surface area contributed by atoms with Crippen LogP contribution in [0.25, 0.3) is 15.9 Å². The Labute approximate surface area is 178 Å². The molecule has 0 atom stereocenters. The molecule has 0 bridgehead atoms. The molecule has 2 aromatic heterocycles. The van der Waals surface area contributed by atoms with Crippen molar-refractivity contribution in [2.24, 2.45) is 4.99 Å². The van der Waals surface area contributed by atoms with Gasteiger partial charge in [0.1, 0.15) is 11.3 Å². The summed E-state index contributed by atoms with van der Waals surface area (Å²) in [5.74, 6) is 0.182. The van der Waals surface area contributed by atoms with Crippen LogP contribution in [0, 0.1) is 0 Å². The Balaban J connectivity index is 1.75. The van der Waals surface area contributed by atoms with Crippen LogP contribution in [0.3, 0.4) is 0 Å². The fourth-order valence-corrected chi connectivity index (χ4v) is 3.86. The molecule has 0 saturated carbocycles. The van der Waals surface area contributed by atoms with Gasteiger partial charge in [-0.2, -0.15) is 0 Å². The first-order valence-corrected chi connectivity index (χ1v) is 10.1. The maximum atomic E-state index is 12.2. The minimum absolute atomic E-state index is 0.177. The van der Waals surface area contributed by atoms with Crippen molar-refractivity contribution in [3.05, 3.63) is 73.9 Å². The number of rotatable bonds is 5. The molecule has 4 aromatic rings. The van der Waals surface area contributed by atoms with Crippen LogP contribution in [0.4, 0.5) is 5.13 Å². The molecule has 10 heteroatoms. The van der Waals surface area contributed by atoms with Gasteiger partial charge < -0.3 is 9.84 Å². The van der Waals surface area contributed by atoms with Gasteiger partial charge in [0.25, 0.3) is 5.56 Å². The summed E-state index contributed by atoms with van der Waals surface area (Å²) in [6, 6.07) is 11.8. The van der Waals surface area contributed by atoms with Gasteiger partial charge in [-0.25, -0.2) is 19.3 Å². The van der Waals surface area contributed by atoms with Crippen LogP contribution in [0.2, 0.25) is 5.02 Å². The third-order valence-electron chi connectivity index (χ3n) is 4.15. The van der Waals surface area contributed by atoms with Gasteiger partial charge in [0.2, 0.25) is 11.0 Å². The molecular formula is C20H15ClN4O4S. The molecule has 0 aliphatic rings. The molecule has 0 aliphatic carbocycles. The molecule has 2 heterocycles. The van der Waals surface area contributed by atoms with E-state index in [4.69, 9.17) is 16.3 Å². The maximum absolute atomic E-state index is 12.2. The van der Waals surface area contributed by atoms with Crippen molar-refractivity contribution >= 4 is 44.5 Å². The average Bonchev–Trinajstić information content (AvgIpc) is 3.10. The van der Waals surface area contributed by atoms with Gasteiger partial charge in [-0.05, 0) is 43.3 Å². The zero-order valence-corrected chi connectivity index (χ0v) is 17.2. The van der Waals surface area contributed by atoms with Crippen molar-refractivity contribution < 1.29 is 9.84 Å². The lowest BCUT2D eigenvalue weighted by Crippen LogP contribution is -2.31. The highest BCUT2D eigenvalue weighted by atomic mass is 35.5. The summed E-state index contributed by atoms with van der Waals surface area (Å²) >= 11 is 7.28. The molecule has 4 rings (SSSR count). The lowest BCUT2D eigenvalue weighted by molar-refractivity contribution is 0.341. The largest absolute Gasteiger partial charge is 0.494 e. The Bertz CT molecular complexity index is 1390. The molecule has 152 valence electrons. The van der Waals surface area contributed by atoms with E-state index in [2.05, 4.69) is 15.0 Å². The summed E-state index contributed by atoms with van der Waals surface area (Å²) < 4.78 is 7.30. The Morgan fingerprint density at radius 3 is 2.90 bits per heavy atom. The number of fused-ring (bicyclic) bond motifs is 1. The first-order valence-electron chi connectivity index (χ1n) is 8.88.